The van der Waals surface area contributed by atoms with E-state index in [9.17, 15) is 19.2 Å². The third kappa shape index (κ3) is 4.60. The molecule has 10 atom stereocenters. The number of rotatable bonds is 6. The van der Waals surface area contributed by atoms with Crippen LogP contribution in [0.25, 0.3) is 0 Å². The molecule has 0 saturated heterocycles. The molecule has 4 fully saturated rings. The number of carbonyl (C=O) groups is 4. The molecule has 0 bridgehead atoms. The lowest BCUT2D eigenvalue weighted by atomic mass is 9.43. The van der Waals surface area contributed by atoms with E-state index in [0.717, 1.165) is 38.5 Å². The summed E-state index contributed by atoms with van der Waals surface area (Å²) in [5.74, 6) is 0.785. The molecule has 202 valence electrons. The van der Waals surface area contributed by atoms with Crippen molar-refractivity contribution in [2.75, 3.05) is 7.11 Å². The maximum atomic E-state index is 14.0. The van der Waals surface area contributed by atoms with Crippen LogP contribution in [0.15, 0.2) is 0 Å². The number of ketones is 1. The van der Waals surface area contributed by atoms with E-state index in [0.29, 0.717) is 25.0 Å². The fraction of sp³-hybridized carbons (Fsp3) is 0.862. The van der Waals surface area contributed by atoms with Crippen LogP contribution in [0, 0.1) is 46.3 Å². The van der Waals surface area contributed by atoms with E-state index in [4.69, 9.17) is 14.2 Å². The molecule has 0 heterocycles. The molecule has 4 aliphatic rings. The van der Waals surface area contributed by atoms with Crippen LogP contribution >= 0.6 is 0 Å². The number of hydrogen-bond acceptors (Lipinski definition) is 7. The number of hydrogen-bond donors (Lipinski definition) is 0. The van der Waals surface area contributed by atoms with Gasteiger partial charge in [-0.05, 0) is 80.0 Å². The minimum Gasteiger partial charge on any atom is -0.469 e. The lowest BCUT2D eigenvalue weighted by Crippen LogP contribution is -2.62. The fourth-order valence-corrected chi connectivity index (χ4v) is 9.14. The van der Waals surface area contributed by atoms with E-state index in [-0.39, 0.29) is 71.0 Å². The van der Waals surface area contributed by atoms with Gasteiger partial charge in [0.15, 0.2) is 0 Å². The van der Waals surface area contributed by atoms with E-state index in [1.54, 1.807) is 0 Å². The Kier molecular flexibility index (Phi) is 7.60. The Hall–Kier alpha value is -1.92. The van der Waals surface area contributed by atoms with E-state index in [1.165, 1.54) is 21.0 Å². The van der Waals surface area contributed by atoms with Crippen molar-refractivity contribution in [1.29, 1.82) is 0 Å². The maximum Gasteiger partial charge on any atom is 0.305 e. The van der Waals surface area contributed by atoms with Gasteiger partial charge in [-0.15, -0.1) is 0 Å². The first kappa shape index (κ1) is 27.1. The molecule has 0 aromatic carbocycles. The largest absolute Gasteiger partial charge is 0.469 e. The predicted molar refractivity (Wildman–Crippen MR) is 133 cm³/mol. The smallest absolute Gasteiger partial charge is 0.305 e. The molecular formula is C29H44O7. The van der Waals surface area contributed by atoms with Gasteiger partial charge in [0.05, 0.1) is 7.11 Å². The van der Waals surface area contributed by atoms with E-state index < -0.39 is 5.41 Å². The highest BCUT2D eigenvalue weighted by Crippen LogP contribution is 2.67. The highest BCUT2D eigenvalue weighted by Gasteiger charge is 2.66. The van der Waals surface area contributed by atoms with Crippen LogP contribution in [-0.4, -0.2) is 43.0 Å². The molecule has 7 heteroatoms. The van der Waals surface area contributed by atoms with Gasteiger partial charge >= 0.3 is 17.9 Å². The van der Waals surface area contributed by atoms with Crippen molar-refractivity contribution in [2.24, 2.45) is 46.3 Å². The monoisotopic (exact) mass is 504 g/mol. The minimum absolute atomic E-state index is 0.0382. The summed E-state index contributed by atoms with van der Waals surface area (Å²) < 4.78 is 16.5. The summed E-state index contributed by atoms with van der Waals surface area (Å²) in [6.07, 6.45) is 6.44. The lowest BCUT2D eigenvalue weighted by Gasteiger charge is -2.62. The molecular weight excluding hydrogens is 460 g/mol. The van der Waals surface area contributed by atoms with Gasteiger partial charge in [-0.2, -0.15) is 0 Å². The van der Waals surface area contributed by atoms with Gasteiger partial charge in [-0.1, -0.05) is 20.8 Å². The fourth-order valence-electron chi connectivity index (χ4n) is 9.14. The topological polar surface area (TPSA) is 96.0 Å². The zero-order valence-electron chi connectivity index (χ0n) is 22.8. The highest BCUT2D eigenvalue weighted by molar-refractivity contribution is 5.87. The lowest BCUT2D eigenvalue weighted by molar-refractivity contribution is -0.196. The van der Waals surface area contributed by atoms with Crippen LogP contribution in [-0.2, 0) is 33.4 Å². The molecule has 0 amide bonds. The first-order chi connectivity index (χ1) is 16.9. The SMILES string of the molecule is COC(=O)CC[C@H](C)[C@@H]1CC[C@@H]2[C@H]3[C@H](OC(C)=O)C[C@@H]4C[C@@H](OC(C)=O)CC[C@@]4(C)[C@H]3CC(=O)[C@@]21C. The maximum absolute atomic E-state index is 14.0. The Morgan fingerprint density at radius 1 is 1.00 bits per heavy atom. The molecule has 4 aliphatic carbocycles. The van der Waals surface area contributed by atoms with Crippen LogP contribution in [0.3, 0.4) is 0 Å². The Morgan fingerprint density at radius 3 is 2.33 bits per heavy atom. The average Bonchev–Trinajstić information content (AvgIpc) is 3.16. The van der Waals surface area contributed by atoms with Crippen LogP contribution < -0.4 is 0 Å². The molecule has 36 heavy (non-hydrogen) atoms. The van der Waals surface area contributed by atoms with Crippen molar-refractivity contribution in [2.45, 2.75) is 105 Å². The van der Waals surface area contributed by atoms with Crippen LogP contribution in [0.1, 0.15) is 92.4 Å². The summed E-state index contributed by atoms with van der Waals surface area (Å²) in [4.78, 5) is 49.7. The number of carbonyl (C=O) groups excluding carboxylic acids is 4. The van der Waals surface area contributed by atoms with Crippen LogP contribution in [0.4, 0.5) is 0 Å². The summed E-state index contributed by atoms with van der Waals surface area (Å²) in [6, 6.07) is 0. The Bertz CT molecular complexity index is 898. The summed E-state index contributed by atoms with van der Waals surface area (Å²) in [5, 5.41) is 0. The van der Waals surface area contributed by atoms with E-state index >= 15 is 0 Å². The quantitative estimate of drug-likeness (QED) is 0.375. The Morgan fingerprint density at radius 2 is 1.69 bits per heavy atom. The van der Waals surface area contributed by atoms with E-state index in [1.807, 2.05) is 0 Å². The van der Waals surface area contributed by atoms with Crippen molar-refractivity contribution < 1.29 is 33.4 Å². The molecule has 4 rings (SSSR count). The van der Waals surface area contributed by atoms with Crippen LogP contribution in [0.5, 0.6) is 0 Å². The number of Topliss-reactive ketones (excluding diaryl/α,β-unsaturated/α-hetero) is 1. The molecule has 0 N–H and O–H groups in total. The molecule has 0 aromatic rings. The van der Waals surface area contributed by atoms with Gasteiger partial charge in [0.25, 0.3) is 0 Å². The molecule has 0 aromatic heterocycles. The third-order valence-corrected chi connectivity index (χ3v) is 10.9. The van der Waals surface area contributed by atoms with Crippen molar-refractivity contribution in [3.8, 4) is 0 Å². The normalized spacial score (nSPS) is 42.4. The Labute approximate surface area is 215 Å². The minimum atomic E-state index is -0.465. The zero-order chi connectivity index (χ0) is 26.4. The number of fused-ring (bicyclic) bond motifs is 5. The molecule has 0 unspecified atom stereocenters. The van der Waals surface area contributed by atoms with Gasteiger partial charge in [0.1, 0.15) is 18.0 Å². The molecule has 0 radical (unpaired) electrons. The summed E-state index contributed by atoms with van der Waals surface area (Å²) >= 11 is 0. The summed E-state index contributed by atoms with van der Waals surface area (Å²) in [6.45, 7) is 9.57. The highest BCUT2D eigenvalue weighted by atomic mass is 16.5. The van der Waals surface area contributed by atoms with Crippen LogP contribution in [0.2, 0.25) is 0 Å². The van der Waals surface area contributed by atoms with Gasteiger partial charge in [-0.3, -0.25) is 19.2 Å². The van der Waals surface area contributed by atoms with Crippen molar-refractivity contribution in [3.05, 3.63) is 0 Å². The second kappa shape index (κ2) is 10.1. The number of esters is 3. The molecule has 4 saturated carbocycles. The summed E-state index contributed by atoms with van der Waals surface area (Å²) in [5.41, 5.74) is -0.503. The Balaban J connectivity index is 1.62. The molecule has 0 aliphatic heterocycles. The second-order valence-corrected chi connectivity index (χ2v) is 12.6. The van der Waals surface area contributed by atoms with Crippen molar-refractivity contribution in [3.63, 3.8) is 0 Å². The zero-order valence-corrected chi connectivity index (χ0v) is 22.8. The number of ether oxygens (including phenoxy) is 3. The predicted octanol–water partition coefficient (Wildman–Crippen LogP) is 4.89. The third-order valence-electron chi connectivity index (χ3n) is 10.9. The summed E-state index contributed by atoms with van der Waals surface area (Å²) in [7, 11) is 1.41. The van der Waals surface area contributed by atoms with Gasteiger partial charge in [0, 0.05) is 38.0 Å². The van der Waals surface area contributed by atoms with Crippen molar-refractivity contribution >= 4 is 23.7 Å². The molecule has 7 nitrogen and oxygen atoms in total. The van der Waals surface area contributed by atoms with Gasteiger partial charge in [-0.25, -0.2) is 0 Å². The van der Waals surface area contributed by atoms with Gasteiger partial charge in [0.2, 0.25) is 0 Å². The first-order valence-electron chi connectivity index (χ1n) is 13.9. The van der Waals surface area contributed by atoms with E-state index in [2.05, 4.69) is 20.8 Å². The standard InChI is InChI=1S/C29H44O7/c1-16(7-10-26(33)34-6)21-8-9-22-27-23(15-25(32)29(21,22)5)28(4)12-11-20(35-17(2)30)13-19(28)14-24(27)36-18(3)31/h16,19-24,27H,7-15H2,1-6H3/t16-,19-,20-,21-,22+,23-,24+,27+,28+,29+/m0/s1. The average molecular weight is 505 g/mol. The van der Waals surface area contributed by atoms with Crippen molar-refractivity contribution in [1.82, 2.24) is 0 Å². The number of methoxy groups -OCH3 is 1. The first-order valence-corrected chi connectivity index (χ1v) is 13.9. The van der Waals surface area contributed by atoms with Gasteiger partial charge < -0.3 is 14.2 Å². The second-order valence-electron chi connectivity index (χ2n) is 12.6. The molecule has 0 spiro atoms.